The Morgan fingerprint density at radius 2 is 2.17 bits per heavy atom. The molecule has 1 saturated heterocycles. The Hall–Kier alpha value is -1.22. The topological polar surface area (TPSA) is 40.5 Å². The molecule has 1 atom stereocenters. The third-order valence-electron chi connectivity index (χ3n) is 3.46. The maximum Gasteiger partial charge on any atom is 0.227 e. The number of halogens is 1. The summed E-state index contributed by atoms with van der Waals surface area (Å²) in [7, 11) is 0. The van der Waals surface area contributed by atoms with E-state index in [1.807, 2.05) is 11.0 Å². The molecule has 1 heterocycles. The van der Waals surface area contributed by atoms with Crippen LogP contribution in [-0.2, 0) is 11.2 Å². The van der Waals surface area contributed by atoms with Gasteiger partial charge in [0, 0.05) is 24.0 Å². The Bertz CT molecular complexity index is 422. The predicted molar refractivity (Wildman–Crippen MR) is 71.9 cm³/mol. The number of hydrogen-bond donors (Lipinski definition) is 1. The summed E-state index contributed by atoms with van der Waals surface area (Å²) < 4.78 is 0. The van der Waals surface area contributed by atoms with Gasteiger partial charge in [0.1, 0.15) is 5.75 Å². The molecular weight excluding hydrogens is 250 g/mol. The van der Waals surface area contributed by atoms with Crippen LogP contribution >= 0.6 is 11.6 Å². The van der Waals surface area contributed by atoms with Gasteiger partial charge in [0.2, 0.25) is 5.91 Å². The number of carbonyl (C=O) groups excluding carboxylic acids is 1. The average molecular weight is 268 g/mol. The van der Waals surface area contributed by atoms with Gasteiger partial charge in [-0.15, -0.1) is 11.6 Å². The number of phenols is 1. The summed E-state index contributed by atoms with van der Waals surface area (Å²) in [6, 6.07) is 7.13. The molecule has 98 valence electrons. The fraction of sp³-hybridized carbons (Fsp3) is 0.500. The minimum atomic E-state index is 0.0573. The van der Waals surface area contributed by atoms with E-state index < -0.39 is 0 Å². The number of rotatable bonds is 3. The third-order valence-corrected chi connectivity index (χ3v) is 3.82. The van der Waals surface area contributed by atoms with Crippen molar-refractivity contribution in [1.29, 1.82) is 0 Å². The summed E-state index contributed by atoms with van der Waals surface area (Å²) in [5, 5.41) is 9.68. The molecule has 0 saturated carbocycles. The van der Waals surface area contributed by atoms with E-state index in [-0.39, 0.29) is 24.1 Å². The van der Waals surface area contributed by atoms with Crippen molar-refractivity contribution in [1.82, 2.24) is 4.90 Å². The Balaban J connectivity index is 2.05. The summed E-state index contributed by atoms with van der Waals surface area (Å²) in [6.45, 7) is 0.782. The van der Waals surface area contributed by atoms with Gasteiger partial charge in [-0.3, -0.25) is 4.79 Å². The van der Waals surface area contributed by atoms with Gasteiger partial charge >= 0.3 is 0 Å². The van der Waals surface area contributed by atoms with E-state index >= 15 is 0 Å². The molecule has 4 heteroatoms. The van der Waals surface area contributed by atoms with Crippen LogP contribution in [0.15, 0.2) is 24.3 Å². The second-order valence-corrected chi connectivity index (χ2v) is 5.01. The summed E-state index contributed by atoms with van der Waals surface area (Å²) in [5.41, 5.74) is 0.682. The van der Waals surface area contributed by atoms with Crippen LogP contribution in [0.5, 0.6) is 5.75 Å². The monoisotopic (exact) mass is 267 g/mol. The number of para-hydroxylation sites is 1. The first kappa shape index (κ1) is 13.2. The Morgan fingerprint density at radius 1 is 1.39 bits per heavy atom. The molecule has 0 aliphatic carbocycles. The number of phenolic OH excluding ortho intramolecular Hbond substituents is 1. The van der Waals surface area contributed by atoms with Crippen molar-refractivity contribution in [2.24, 2.45) is 0 Å². The van der Waals surface area contributed by atoms with Gasteiger partial charge in [0.05, 0.1) is 6.42 Å². The second-order valence-electron chi connectivity index (χ2n) is 4.70. The molecule has 1 aromatic rings. The van der Waals surface area contributed by atoms with Crippen molar-refractivity contribution in [2.75, 3.05) is 12.4 Å². The highest BCUT2D eigenvalue weighted by atomic mass is 35.5. The smallest absolute Gasteiger partial charge is 0.227 e. The Labute approximate surface area is 112 Å². The van der Waals surface area contributed by atoms with Crippen LogP contribution in [0.25, 0.3) is 0 Å². The molecule has 1 amide bonds. The van der Waals surface area contributed by atoms with E-state index in [9.17, 15) is 9.90 Å². The number of alkyl halides is 1. The fourth-order valence-corrected chi connectivity index (χ4v) is 2.73. The van der Waals surface area contributed by atoms with Crippen LogP contribution < -0.4 is 0 Å². The number of piperidine rings is 1. The Morgan fingerprint density at radius 3 is 2.89 bits per heavy atom. The largest absolute Gasteiger partial charge is 0.508 e. The zero-order valence-corrected chi connectivity index (χ0v) is 11.1. The van der Waals surface area contributed by atoms with Gasteiger partial charge in [0.25, 0.3) is 0 Å². The van der Waals surface area contributed by atoms with Crippen LogP contribution in [0, 0.1) is 0 Å². The van der Waals surface area contributed by atoms with E-state index in [1.54, 1.807) is 18.2 Å². The lowest BCUT2D eigenvalue weighted by Crippen LogP contribution is -2.45. The molecule has 0 bridgehead atoms. The molecule has 0 aromatic heterocycles. The molecule has 0 radical (unpaired) electrons. The number of amides is 1. The van der Waals surface area contributed by atoms with Crippen LogP contribution in [0.4, 0.5) is 0 Å². The van der Waals surface area contributed by atoms with E-state index in [0.29, 0.717) is 11.4 Å². The molecule has 18 heavy (non-hydrogen) atoms. The number of nitrogens with zero attached hydrogens (tertiary/aromatic N) is 1. The molecule has 1 aliphatic rings. The second kappa shape index (κ2) is 6.10. The fourth-order valence-electron chi connectivity index (χ4n) is 2.41. The quantitative estimate of drug-likeness (QED) is 0.855. The molecule has 1 aromatic carbocycles. The van der Waals surface area contributed by atoms with Crippen molar-refractivity contribution < 1.29 is 9.90 Å². The first-order valence-corrected chi connectivity index (χ1v) is 6.88. The number of aromatic hydroxyl groups is 1. The summed E-state index contributed by atoms with van der Waals surface area (Å²) in [6.07, 6.45) is 3.41. The van der Waals surface area contributed by atoms with Crippen LogP contribution in [-0.4, -0.2) is 34.4 Å². The maximum atomic E-state index is 12.2. The summed E-state index contributed by atoms with van der Waals surface area (Å²) in [5.74, 6) is 0.735. The van der Waals surface area contributed by atoms with Crippen molar-refractivity contribution >= 4 is 17.5 Å². The number of likely N-dealkylation sites (tertiary alicyclic amines) is 1. The normalized spacial score (nSPS) is 19.8. The third kappa shape index (κ3) is 2.96. The van der Waals surface area contributed by atoms with Gasteiger partial charge in [-0.1, -0.05) is 18.2 Å². The first-order chi connectivity index (χ1) is 8.72. The molecule has 0 spiro atoms. The standard InChI is InChI=1S/C14H18ClNO2/c15-10-12-6-3-4-8-16(12)14(18)9-11-5-1-2-7-13(11)17/h1-2,5,7,12,17H,3-4,6,8-10H2. The molecule has 1 N–H and O–H groups in total. The van der Waals surface area contributed by atoms with Gasteiger partial charge in [-0.2, -0.15) is 0 Å². The summed E-state index contributed by atoms with van der Waals surface area (Å²) in [4.78, 5) is 14.1. The molecule has 1 fully saturated rings. The van der Waals surface area contributed by atoms with Gasteiger partial charge in [-0.25, -0.2) is 0 Å². The average Bonchev–Trinajstić information content (AvgIpc) is 2.41. The van der Waals surface area contributed by atoms with Crippen LogP contribution in [0.1, 0.15) is 24.8 Å². The molecule has 1 aliphatic heterocycles. The zero-order chi connectivity index (χ0) is 13.0. The van der Waals surface area contributed by atoms with Gasteiger partial charge in [-0.05, 0) is 25.3 Å². The first-order valence-electron chi connectivity index (χ1n) is 6.34. The van der Waals surface area contributed by atoms with Crippen molar-refractivity contribution in [3.8, 4) is 5.75 Å². The van der Waals surface area contributed by atoms with Crippen LogP contribution in [0.2, 0.25) is 0 Å². The van der Waals surface area contributed by atoms with Crippen molar-refractivity contribution in [3.63, 3.8) is 0 Å². The van der Waals surface area contributed by atoms with E-state index in [1.165, 1.54) is 0 Å². The minimum absolute atomic E-state index is 0.0573. The predicted octanol–water partition coefficient (Wildman–Crippen LogP) is 2.55. The molecular formula is C14H18ClNO2. The lowest BCUT2D eigenvalue weighted by Gasteiger charge is -2.34. The highest BCUT2D eigenvalue weighted by Gasteiger charge is 2.26. The van der Waals surface area contributed by atoms with Gasteiger partial charge < -0.3 is 10.0 Å². The number of benzene rings is 1. The van der Waals surface area contributed by atoms with E-state index in [4.69, 9.17) is 11.6 Å². The van der Waals surface area contributed by atoms with Gasteiger partial charge in [0.15, 0.2) is 0 Å². The molecule has 1 unspecified atom stereocenters. The SMILES string of the molecule is O=C(Cc1ccccc1O)N1CCCCC1CCl. The number of carbonyl (C=O) groups is 1. The van der Waals surface area contributed by atoms with Crippen molar-refractivity contribution in [3.05, 3.63) is 29.8 Å². The lowest BCUT2D eigenvalue weighted by molar-refractivity contribution is -0.133. The molecule has 3 nitrogen and oxygen atoms in total. The minimum Gasteiger partial charge on any atom is -0.508 e. The van der Waals surface area contributed by atoms with Crippen molar-refractivity contribution in [2.45, 2.75) is 31.7 Å². The highest BCUT2D eigenvalue weighted by Crippen LogP contribution is 2.22. The highest BCUT2D eigenvalue weighted by molar-refractivity contribution is 6.18. The number of hydrogen-bond acceptors (Lipinski definition) is 2. The Kier molecular flexibility index (Phi) is 4.48. The molecule has 2 rings (SSSR count). The van der Waals surface area contributed by atoms with E-state index in [2.05, 4.69) is 0 Å². The van der Waals surface area contributed by atoms with E-state index in [0.717, 1.165) is 25.8 Å². The summed E-state index contributed by atoms with van der Waals surface area (Å²) >= 11 is 5.91. The van der Waals surface area contributed by atoms with Crippen LogP contribution in [0.3, 0.4) is 0 Å². The zero-order valence-electron chi connectivity index (χ0n) is 10.3. The maximum absolute atomic E-state index is 12.2. The lowest BCUT2D eigenvalue weighted by atomic mass is 10.0.